The average Bonchev–Trinajstić information content (AvgIpc) is 1.84. The molecule has 0 saturated heterocycles. The summed E-state index contributed by atoms with van der Waals surface area (Å²) >= 11 is -2.14. The van der Waals surface area contributed by atoms with Crippen LogP contribution in [0.3, 0.4) is 0 Å². The van der Waals surface area contributed by atoms with Crippen LogP contribution in [0.15, 0.2) is 0 Å². The van der Waals surface area contributed by atoms with Gasteiger partial charge in [0.25, 0.3) is 0 Å². The Bertz CT molecular complexity index is 88.6. The summed E-state index contributed by atoms with van der Waals surface area (Å²) in [6.45, 7) is 4.43. The lowest BCUT2D eigenvalue weighted by Gasteiger charge is -2.14. The SMILES string of the molecule is C.C.C.C.C[O][Al]([CH2]C(C)C)[O][Al]([CH3])[CH3]. The molecular weight excluding hydrogens is 218 g/mol. The van der Waals surface area contributed by atoms with Crippen molar-refractivity contribution in [3.05, 3.63) is 0 Å². The summed E-state index contributed by atoms with van der Waals surface area (Å²) in [5.74, 6) is 5.10. The lowest BCUT2D eigenvalue weighted by molar-refractivity contribution is 0.330. The first-order valence-electron chi connectivity index (χ1n) is 4.24. The quantitative estimate of drug-likeness (QED) is 0.666. The second-order valence-corrected chi connectivity index (χ2v) is 8.47. The molecule has 2 nitrogen and oxygen atoms in total. The fourth-order valence-corrected chi connectivity index (χ4v) is 5.18. The molecule has 0 radical (unpaired) electrons. The Kier molecular flexibility index (Phi) is 34.5. The van der Waals surface area contributed by atoms with E-state index in [9.17, 15) is 0 Å². The monoisotopic (exact) mass is 252 g/mol. The molecule has 0 aromatic rings. The van der Waals surface area contributed by atoms with Gasteiger partial charge >= 0.3 is 29.3 Å². The normalized spacial score (nSPS) is 7.60. The zero-order valence-electron chi connectivity index (χ0n) is 8.26. The topological polar surface area (TPSA) is 18.5 Å². The van der Waals surface area contributed by atoms with Crippen molar-refractivity contribution in [2.45, 2.75) is 60.4 Å². The summed E-state index contributed by atoms with van der Waals surface area (Å²) in [4.78, 5) is 0. The number of hydrogen-bond donors (Lipinski definition) is 0. The van der Waals surface area contributed by atoms with Crippen LogP contribution in [0.4, 0.5) is 0 Å². The van der Waals surface area contributed by atoms with Crippen molar-refractivity contribution < 1.29 is 6.63 Å². The zero-order chi connectivity index (χ0) is 8.85. The molecule has 0 aromatic carbocycles. The van der Waals surface area contributed by atoms with Gasteiger partial charge in [-0.05, 0) is 5.28 Å². The second-order valence-electron chi connectivity index (χ2n) is 3.48. The molecule has 0 bridgehead atoms. The molecule has 15 heavy (non-hydrogen) atoms. The summed E-state index contributed by atoms with van der Waals surface area (Å²) in [6, 6.07) is 0. The van der Waals surface area contributed by atoms with E-state index < -0.39 is 29.3 Å². The highest BCUT2D eigenvalue weighted by Crippen LogP contribution is 2.07. The van der Waals surface area contributed by atoms with Crippen LogP contribution >= 0.6 is 0 Å². The fraction of sp³-hybridized carbons (Fsp3) is 1.00. The van der Waals surface area contributed by atoms with Crippen LogP contribution in [0.5, 0.6) is 0 Å². The summed E-state index contributed by atoms with van der Waals surface area (Å²) in [6.07, 6.45) is 0. The van der Waals surface area contributed by atoms with Gasteiger partial charge in [0.15, 0.2) is 0 Å². The average molecular weight is 252 g/mol. The Morgan fingerprint density at radius 1 is 1.00 bits per heavy atom. The van der Waals surface area contributed by atoms with Gasteiger partial charge in [-0.2, -0.15) is 0 Å². The minimum atomic E-state index is -1.27. The van der Waals surface area contributed by atoms with Gasteiger partial charge in [0.2, 0.25) is 0 Å². The molecule has 4 heteroatoms. The van der Waals surface area contributed by atoms with Crippen molar-refractivity contribution in [1.82, 2.24) is 0 Å². The van der Waals surface area contributed by atoms with Crippen molar-refractivity contribution in [1.29, 1.82) is 0 Å². The molecule has 0 fully saturated rings. The van der Waals surface area contributed by atoms with E-state index in [0.29, 0.717) is 5.92 Å². The standard InChI is InChI=1S/C4H9.CH3O.4CH4.2CH3.2Al.O/c1-4(2)3;1-2;;;;;;;;;/h4H,1H2,2-3H3;1H3;4*1H4;2*1H3;;;/q;-1;;;;;;;;+1;. The van der Waals surface area contributed by atoms with Gasteiger partial charge in [-0.3, -0.25) is 0 Å². The maximum Gasteiger partial charge on any atom is 0.643 e. The molecule has 0 aliphatic heterocycles. The first kappa shape index (κ1) is 29.7. The molecule has 0 amide bonds. The molecular formula is C11H34Al2O2. The van der Waals surface area contributed by atoms with Gasteiger partial charge in [-0.25, -0.2) is 0 Å². The predicted molar refractivity (Wildman–Crippen MR) is 77.9 cm³/mol. The lowest BCUT2D eigenvalue weighted by Crippen LogP contribution is -2.28. The Morgan fingerprint density at radius 2 is 1.40 bits per heavy atom. The van der Waals surface area contributed by atoms with Crippen molar-refractivity contribution in [3.63, 3.8) is 0 Å². The van der Waals surface area contributed by atoms with Crippen molar-refractivity contribution >= 4 is 29.3 Å². The van der Waals surface area contributed by atoms with E-state index in [1.165, 1.54) is 0 Å². The molecule has 0 aliphatic rings. The molecule has 0 aliphatic carbocycles. The molecule has 0 unspecified atom stereocenters. The highest BCUT2D eigenvalue weighted by atomic mass is 27.3. The first-order valence-corrected chi connectivity index (χ1v) is 8.78. The van der Waals surface area contributed by atoms with E-state index >= 15 is 0 Å². The minimum Gasteiger partial charge on any atom is -0.614 e. The Morgan fingerprint density at radius 3 is 1.60 bits per heavy atom. The van der Waals surface area contributed by atoms with E-state index in [1.807, 2.05) is 0 Å². The molecule has 96 valence electrons. The second kappa shape index (κ2) is 17.4. The van der Waals surface area contributed by atoms with Gasteiger partial charge in [0, 0.05) is 7.11 Å². The number of hydrogen-bond acceptors (Lipinski definition) is 2. The van der Waals surface area contributed by atoms with E-state index in [2.05, 4.69) is 25.4 Å². The molecule has 0 aromatic heterocycles. The summed E-state index contributed by atoms with van der Waals surface area (Å²) in [5.41, 5.74) is 0. The van der Waals surface area contributed by atoms with Crippen LogP contribution in [0.2, 0.25) is 16.9 Å². The molecule has 0 saturated carbocycles. The highest BCUT2D eigenvalue weighted by Gasteiger charge is 2.26. The largest absolute Gasteiger partial charge is 0.643 e. The number of rotatable bonds is 5. The van der Waals surface area contributed by atoms with Crippen LogP contribution in [-0.4, -0.2) is 36.4 Å². The molecule has 0 N–H and O–H groups in total. The maximum absolute atomic E-state index is 5.77. The Labute approximate surface area is 109 Å². The van der Waals surface area contributed by atoms with Crippen LogP contribution in [-0.2, 0) is 6.63 Å². The van der Waals surface area contributed by atoms with Gasteiger partial charge in [0.05, 0.1) is 0 Å². The van der Waals surface area contributed by atoms with Crippen molar-refractivity contribution in [2.24, 2.45) is 5.92 Å². The van der Waals surface area contributed by atoms with E-state index in [0.717, 1.165) is 5.28 Å². The summed E-state index contributed by atoms with van der Waals surface area (Å²) < 4.78 is 11.1. The van der Waals surface area contributed by atoms with E-state index in [1.54, 1.807) is 7.11 Å². The van der Waals surface area contributed by atoms with Crippen molar-refractivity contribution in [2.75, 3.05) is 7.11 Å². The van der Waals surface area contributed by atoms with Gasteiger partial charge < -0.3 is 6.63 Å². The lowest BCUT2D eigenvalue weighted by atomic mass is 10.3. The maximum atomic E-state index is 5.77. The Hall–Kier alpha value is 0.985. The third-order valence-corrected chi connectivity index (χ3v) is 6.60. The van der Waals surface area contributed by atoms with Crippen LogP contribution in [0.1, 0.15) is 43.6 Å². The van der Waals surface area contributed by atoms with Gasteiger partial charge in [-0.1, -0.05) is 61.0 Å². The fourth-order valence-electron chi connectivity index (χ4n) is 0.896. The third-order valence-electron chi connectivity index (χ3n) is 1.35. The van der Waals surface area contributed by atoms with E-state index in [4.69, 9.17) is 6.63 Å². The predicted octanol–water partition coefficient (Wildman–Crippen LogP) is 4.59. The molecule has 0 rings (SSSR count). The third kappa shape index (κ3) is 20.9. The first-order chi connectivity index (χ1) is 5.06. The summed E-state index contributed by atoms with van der Waals surface area (Å²) in [7, 11) is 1.77. The van der Waals surface area contributed by atoms with Crippen molar-refractivity contribution in [3.8, 4) is 0 Å². The van der Waals surface area contributed by atoms with Crippen LogP contribution in [0.25, 0.3) is 0 Å². The van der Waals surface area contributed by atoms with Crippen LogP contribution in [0, 0.1) is 5.92 Å². The highest BCUT2D eigenvalue weighted by molar-refractivity contribution is 6.61. The Balaban J connectivity index is -0.0000000833. The molecule has 0 spiro atoms. The smallest absolute Gasteiger partial charge is 0.614 e. The van der Waals surface area contributed by atoms with Gasteiger partial charge in [0.1, 0.15) is 0 Å². The molecule has 0 atom stereocenters. The zero-order valence-corrected chi connectivity index (χ0v) is 10.6. The molecule has 0 heterocycles. The van der Waals surface area contributed by atoms with Gasteiger partial charge in [-0.15, -0.1) is 0 Å². The van der Waals surface area contributed by atoms with Crippen LogP contribution < -0.4 is 0 Å². The minimum absolute atomic E-state index is 0. The summed E-state index contributed by atoms with van der Waals surface area (Å²) in [5, 5.41) is 1.14. The van der Waals surface area contributed by atoms with E-state index in [-0.39, 0.29) is 29.7 Å².